The molecule has 0 saturated heterocycles. The molecule has 2 heteroatoms. The lowest BCUT2D eigenvalue weighted by Crippen LogP contribution is -2.43. The topological polar surface area (TPSA) is 26.3 Å². The number of benzene rings is 2. The Bertz CT molecular complexity index is 686. The normalized spacial score (nSPS) is 27.9. The summed E-state index contributed by atoms with van der Waals surface area (Å²) in [6.07, 6.45) is 0. The highest BCUT2D eigenvalue weighted by Crippen LogP contribution is 2.58. The van der Waals surface area contributed by atoms with Gasteiger partial charge < -0.3 is 4.74 Å². The number of ether oxygens (including phenoxy) is 1. The molecular formula is C20H20O2. The molecule has 2 nitrogen and oxygen atoms in total. The lowest BCUT2D eigenvalue weighted by atomic mass is 9.54. The smallest absolute Gasteiger partial charge is 0.310 e. The zero-order valence-corrected chi connectivity index (χ0v) is 13.0. The van der Waals surface area contributed by atoms with Crippen LogP contribution in [0.2, 0.25) is 0 Å². The van der Waals surface area contributed by atoms with Gasteiger partial charge in [-0.3, -0.25) is 4.79 Å². The van der Waals surface area contributed by atoms with Crippen LogP contribution in [0.4, 0.5) is 0 Å². The third kappa shape index (κ3) is 1.70. The van der Waals surface area contributed by atoms with Gasteiger partial charge in [0.25, 0.3) is 0 Å². The first-order valence-electron chi connectivity index (χ1n) is 8.08. The van der Waals surface area contributed by atoms with Crippen LogP contribution in [0.1, 0.15) is 47.9 Å². The Labute approximate surface area is 131 Å². The molecule has 0 aromatic heterocycles. The van der Waals surface area contributed by atoms with Crippen molar-refractivity contribution in [2.75, 3.05) is 6.61 Å². The second-order valence-electron chi connectivity index (χ2n) is 6.35. The van der Waals surface area contributed by atoms with Crippen molar-refractivity contribution in [2.24, 2.45) is 11.8 Å². The number of carbonyl (C=O) groups is 1. The Hall–Kier alpha value is -2.09. The van der Waals surface area contributed by atoms with Crippen molar-refractivity contribution >= 4 is 5.97 Å². The second kappa shape index (κ2) is 4.98. The number of fused-ring (bicyclic) bond motifs is 1. The van der Waals surface area contributed by atoms with Crippen LogP contribution in [0.3, 0.4) is 0 Å². The summed E-state index contributed by atoms with van der Waals surface area (Å²) < 4.78 is 5.40. The van der Waals surface area contributed by atoms with Crippen LogP contribution >= 0.6 is 0 Å². The van der Waals surface area contributed by atoms with E-state index in [2.05, 4.69) is 55.5 Å². The van der Waals surface area contributed by atoms with Gasteiger partial charge in [-0.25, -0.2) is 0 Å². The molecule has 2 atom stereocenters. The lowest BCUT2D eigenvalue weighted by molar-refractivity contribution is -0.151. The minimum Gasteiger partial charge on any atom is -0.466 e. The molecule has 22 heavy (non-hydrogen) atoms. The van der Waals surface area contributed by atoms with Crippen LogP contribution in [0.5, 0.6) is 0 Å². The van der Waals surface area contributed by atoms with Gasteiger partial charge in [-0.15, -0.1) is 0 Å². The molecule has 2 aromatic rings. The molecule has 0 amide bonds. The Morgan fingerprint density at radius 3 is 1.82 bits per heavy atom. The Kier molecular flexibility index (Phi) is 3.07. The molecule has 0 radical (unpaired) electrons. The minimum atomic E-state index is -0.0743. The van der Waals surface area contributed by atoms with Gasteiger partial charge in [-0.1, -0.05) is 55.5 Å². The van der Waals surface area contributed by atoms with Gasteiger partial charge >= 0.3 is 5.97 Å². The number of esters is 1. The molecule has 5 rings (SSSR count). The Morgan fingerprint density at radius 1 is 0.909 bits per heavy atom. The molecule has 112 valence electrons. The lowest BCUT2D eigenvalue weighted by Gasteiger charge is -2.48. The van der Waals surface area contributed by atoms with Gasteiger partial charge in [0, 0.05) is 11.8 Å². The summed E-state index contributed by atoms with van der Waals surface area (Å²) in [5.74, 6) is 0.580. The van der Waals surface area contributed by atoms with Gasteiger partial charge in [0.05, 0.1) is 12.5 Å². The van der Waals surface area contributed by atoms with E-state index >= 15 is 0 Å². The van der Waals surface area contributed by atoms with E-state index in [1.165, 1.54) is 22.3 Å². The average Bonchev–Trinajstić information content (AvgIpc) is 2.55. The SMILES string of the molecule is CCOC(=O)[C@@H]1C2c3ccccc3C(c3ccccc32)[C@H]1C. The van der Waals surface area contributed by atoms with Gasteiger partial charge in [0.15, 0.2) is 0 Å². The molecule has 0 saturated carbocycles. The van der Waals surface area contributed by atoms with E-state index in [0.717, 1.165) is 0 Å². The fraction of sp³-hybridized carbons (Fsp3) is 0.350. The molecular weight excluding hydrogens is 272 g/mol. The van der Waals surface area contributed by atoms with Crippen LogP contribution in [0, 0.1) is 11.8 Å². The minimum absolute atomic E-state index is 0.0472. The molecule has 0 spiro atoms. The fourth-order valence-corrected chi connectivity index (χ4v) is 4.54. The molecule has 3 aliphatic rings. The summed E-state index contributed by atoms with van der Waals surface area (Å²) in [5.41, 5.74) is 5.39. The molecule has 3 aliphatic carbocycles. The highest BCUT2D eigenvalue weighted by atomic mass is 16.5. The van der Waals surface area contributed by atoms with Gasteiger partial charge in [0.1, 0.15) is 0 Å². The van der Waals surface area contributed by atoms with Crippen molar-refractivity contribution in [2.45, 2.75) is 25.7 Å². The van der Waals surface area contributed by atoms with Gasteiger partial charge in [-0.05, 0) is 35.1 Å². The van der Waals surface area contributed by atoms with Crippen LogP contribution in [0.25, 0.3) is 0 Å². The van der Waals surface area contributed by atoms with E-state index in [9.17, 15) is 4.79 Å². The quantitative estimate of drug-likeness (QED) is 0.779. The number of hydrogen-bond donors (Lipinski definition) is 0. The zero-order chi connectivity index (χ0) is 15.3. The standard InChI is InChI=1S/C20H20O2/c1-3-22-20(21)18-12(2)17-13-8-4-6-10-15(13)19(18)16-11-7-5-9-14(16)17/h4-12,17-19H,3H2,1-2H3/t12-,17?,18+,19?/m1/s1. The Balaban J connectivity index is 1.94. The molecule has 0 heterocycles. The summed E-state index contributed by atoms with van der Waals surface area (Å²) in [4.78, 5) is 12.6. The van der Waals surface area contributed by atoms with E-state index in [-0.39, 0.29) is 23.7 Å². The van der Waals surface area contributed by atoms with Crippen LogP contribution in [0.15, 0.2) is 48.5 Å². The number of rotatable bonds is 2. The molecule has 2 aromatic carbocycles. The summed E-state index contributed by atoms with van der Waals surface area (Å²) in [6.45, 7) is 4.53. The van der Waals surface area contributed by atoms with Gasteiger partial charge in [-0.2, -0.15) is 0 Å². The van der Waals surface area contributed by atoms with E-state index in [1.54, 1.807) is 0 Å². The molecule has 0 N–H and O–H groups in total. The van der Waals surface area contributed by atoms with Crippen LogP contribution in [-0.4, -0.2) is 12.6 Å². The van der Waals surface area contributed by atoms with E-state index < -0.39 is 0 Å². The fourth-order valence-electron chi connectivity index (χ4n) is 4.54. The first-order valence-corrected chi connectivity index (χ1v) is 8.08. The second-order valence-corrected chi connectivity index (χ2v) is 6.35. The van der Waals surface area contributed by atoms with Crippen molar-refractivity contribution in [1.82, 2.24) is 0 Å². The maximum absolute atomic E-state index is 12.6. The zero-order valence-electron chi connectivity index (χ0n) is 13.0. The third-order valence-electron chi connectivity index (χ3n) is 5.34. The van der Waals surface area contributed by atoms with Crippen molar-refractivity contribution in [1.29, 1.82) is 0 Å². The van der Waals surface area contributed by atoms with E-state index in [0.29, 0.717) is 12.5 Å². The monoisotopic (exact) mass is 292 g/mol. The Morgan fingerprint density at radius 2 is 1.36 bits per heavy atom. The summed E-state index contributed by atoms with van der Waals surface area (Å²) in [7, 11) is 0. The largest absolute Gasteiger partial charge is 0.466 e. The van der Waals surface area contributed by atoms with Crippen molar-refractivity contribution in [3.63, 3.8) is 0 Å². The molecule has 0 aliphatic heterocycles. The number of carbonyl (C=O) groups excluding carboxylic acids is 1. The summed E-state index contributed by atoms with van der Waals surface area (Å²) in [6, 6.07) is 17.2. The molecule has 0 fully saturated rings. The van der Waals surface area contributed by atoms with E-state index in [1.807, 2.05) is 6.92 Å². The first kappa shape index (κ1) is 13.6. The summed E-state index contributed by atoms with van der Waals surface area (Å²) in [5, 5.41) is 0. The third-order valence-corrected chi connectivity index (χ3v) is 5.34. The van der Waals surface area contributed by atoms with Gasteiger partial charge in [0.2, 0.25) is 0 Å². The molecule has 2 bridgehead atoms. The van der Waals surface area contributed by atoms with E-state index in [4.69, 9.17) is 4.74 Å². The first-order chi connectivity index (χ1) is 10.7. The maximum Gasteiger partial charge on any atom is 0.310 e. The molecule has 0 unspecified atom stereocenters. The predicted molar refractivity (Wildman–Crippen MR) is 85.9 cm³/mol. The number of hydrogen-bond acceptors (Lipinski definition) is 2. The van der Waals surface area contributed by atoms with Crippen LogP contribution < -0.4 is 0 Å². The maximum atomic E-state index is 12.6. The van der Waals surface area contributed by atoms with Crippen molar-refractivity contribution in [3.8, 4) is 0 Å². The summed E-state index contributed by atoms with van der Waals surface area (Å²) >= 11 is 0. The van der Waals surface area contributed by atoms with Crippen LogP contribution in [-0.2, 0) is 9.53 Å². The highest BCUT2D eigenvalue weighted by Gasteiger charge is 2.51. The van der Waals surface area contributed by atoms with Crippen molar-refractivity contribution < 1.29 is 9.53 Å². The highest BCUT2D eigenvalue weighted by molar-refractivity contribution is 5.78. The van der Waals surface area contributed by atoms with Crippen molar-refractivity contribution in [3.05, 3.63) is 70.8 Å². The predicted octanol–water partition coefficient (Wildman–Crippen LogP) is 4.09. The average molecular weight is 292 g/mol.